The van der Waals surface area contributed by atoms with Crippen molar-refractivity contribution < 1.29 is 0 Å². The molecule has 0 aliphatic carbocycles. The number of hydrogen-bond acceptors (Lipinski definition) is 1. The Morgan fingerprint density at radius 1 is 1.36 bits per heavy atom. The monoisotopic (exact) mass is 192 g/mol. The molecule has 2 nitrogen and oxygen atoms in total. The summed E-state index contributed by atoms with van der Waals surface area (Å²) in [4.78, 5) is 6.08. The van der Waals surface area contributed by atoms with Crippen molar-refractivity contribution in [1.82, 2.24) is 4.90 Å². The molecule has 0 aliphatic rings. The highest BCUT2D eigenvalue weighted by molar-refractivity contribution is 5.93. The minimum atomic E-state index is 0.533. The zero-order valence-corrected chi connectivity index (χ0v) is 9.57. The first-order valence-corrected chi connectivity index (χ1v) is 4.84. The molecular formula is C12H20N2. The molecule has 0 unspecified atom stereocenters. The van der Waals surface area contributed by atoms with Crippen molar-refractivity contribution in [1.29, 1.82) is 0 Å². The molecule has 0 spiro atoms. The van der Waals surface area contributed by atoms with Crippen LogP contribution in [0.5, 0.6) is 0 Å². The molecule has 0 amide bonds. The fourth-order valence-corrected chi connectivity index (χ4v) is 0.940. The molecule has 0 heterocycles. The largest absolute Gasteiger partial charge is 0.310 e. The van der Waals surface area contributed by atoms with E-state index in [0.29, 0.717) is 5.92 Å². The maximum absolute atomic E-state index is 4.13. The quantitative estimate of drug-likeness (QED) is 0.493. The molecule has 0 aromatic rings. The van der Waals surface area contributed by atoms with Crippen molar-refractivity contribution >= 4 is 5.84 Å². The van der Waals surface area contributed by atoms with Gasteiger partial charge in [-0.2, -0.15) is 0 Å². The molecule has 0 atom stereocenters. The summed E-state index contributed by atoms with van der Waals surface area (Å²) in [5, 5.41) is 0. The maximum atomic E-state index is 4.13. The highest BCUT2D eigenvalue weighted by Gasteiger charge is 1.98. The Hall–Kier alpha value is -1.31. The standard InChI is InChI=1S/C12H20N2/c1-6-9-14(10-8-11(3)4)12(7-2)13-5/h6-11H,2H2,1,3-5H3/b9-6-,10-8+,13-12?. The average molecular weight is 192 g/mol. The number of hydrogen-bond donors (Lipinski definition) is 0. The number of rotatable bonds is 4. The van der Waals surface area contributed by atoms with Gasteiger partial charge in [-0.25, -0.2) is 0 Å². The molecule has 0 saturated carbocycles. The van der Waals surface area contributed by atoms with Crippen molar-refractivity contribution in [2.75, 3.05) is 7.05 Å². The van der Waals surface area contributed by atoms with Gasteiger partial charge in [0, 0.05) is 19.4 Å². The van der Waals surface area contributed by atoms with Gasteiger partial charge >= 0.3 is 0 Å². The molecule has 0 radical (unpaired) electrons. The Morgan fingerprint density at radius 3 is 2.36 bits per heavy atom. The first kappa shape index (κ1) is 12.7. The lowest BCUT2D eigenvalue weighted by molar-refractivity contribution is 0.729. The van der Waals surface area contributed by atoms with E-state index in [1.165, 1.54) is 0 Å². The second-order valence-electron chi connectivity index (χ2n) is 3.26. The van der Waals surface area contributed by atoms with Crippen LogP contribution in [0.4, 0.5) is 0 Å². The van der Waals surface area contributed by atoms with Crippen molar-refractivity contribution in [3.63, 3.8) is 0 Å². The fourth-order valence-electron chi connectivity index (χ4n) is 0.940. The zero-order valence-electron chi connectivity index (χ0n) is 9.57. The fraction of sp³-hybridized carbons (Fsp3) is 0.417. The van der Waals surface area contributed by atoms with Crippen LogP contribution in [-0.4, -0.2) is 17.8 Å². The first-order valence-electron chi connectivity index (χ1n) is 4.84. The third kappa shape index (κ3) is 4.65. The van der Waals surface area contributed by atoms with E-state index in [9.17, 15) is 0 Å². The van der Waals surface area contributed by atoms with Gasteiger partial charge in [-0.3, -0.25) is 4.99 Å². The third-order valence-corrected chi connectivity index (χ3v) is 1.62. The van der Waals surface area contributed by atoms with Crippen LogP contribution in [0, 0.1) is 5.92 Å². The molecule has 0 aromatic carbocycles. The lowest BCUT2D eigenvalue weighted by atomic mass is 10.2. The van der Waals surface area contributed by atoms with Crippen molar-refractivity contribution in [2.24, 2.45) is 10.9 Å². The molecular weight excluding hydrogens is 172 g/mol. The zero-order chi connectivity index (χ0) is 11.0. The summed E-state index contributed by atoms with van der Waals surface area (Å²) in [7, 11) is 1.76. The Kier molecular flexibility index (Phi) is 6.46. The Labute approximate surface area is 87.3 Å². The van der Waals surface area contributed by atoms with Gasteiger partial charge in [0.05, 0.1) is 0 Å². The Bertz CT molecular complexity index is 247. The van der Waals surface area contributed by atoms with E-state index in [2.05, 4.69) is 31.5 Å². The molecule has 0 saturated heterocycles. The van der Waals surface area contributed by atoms with Crippen molar-refractivity contribution in [3.8, 4) is 0 Å². The number of amidine groups is 1. The van der Waals surface area contributed by atoms with Crippen LogP contribution in [0.3, 0.4) is 0 Å². The molecule has 0 fully saturated rings. The van der Waals surface area contributed by atoms with Gasteiger partial charge in [-0.05, 0) is 18.9 Å². The summed E-state index contributed by atoms with van der Waals surface area (Å²) in [5.41, 5.74) is 0. The van der Waals surface area contributed by atoms with Crippen LogP contribution >= 0.6 is 0 Å². The van der Waals surface area contributed by atoms with Gasteiger partial charge in [0.1, 0.15) is 5.84 Å². The van der Waals surface area contributed by atoms with Crippen LogP contribution in [-0.2, 0) is 0 Å². The molecule has 78 valence electrons. The lowest BCUT2D eigenvalue weighted by Gasteiger charge is -2.15. The first-order chi connectivity index (χ1) is 6.65. The van der Waals surface area contributed by atoms with Crippen LogP contribution < -0.4 is 0 Å². The summed E-state index contributed by atoms with van der Waals surface area (Å²) >= 11 is 0. The predicted molar refractivity (Wildman–Crippen MR) is 64.2 cm³/mol. The van der Waals surface area contributed by atoms with E-state index in [-0.39, 0.29) is 0 Å². The van der Waals surface area contributed by atoms with Crippen molar-refractivity contribution in [2.45, 2.75) is 20.8 Å². The molecule has 0 aromatic heterocycles. The van der Waals surface area contributed by atoms with Crippen LogP contribution in [0.2, 0.25) is 0 Å². The van der Waals surface area contributed by atoms with E-state index in [1.807, 2.05) is 30.3 Å². The summed E-state index contributed by atoms with van der Waals surface area (Å²) in [6.45, 7) is 9.98. The summed E-state index contributed by atoms with van der Waals surface area (Å²) < 4.78 is 0. The SMILES string of the molecule is C=CC(=NC)N(/C=C\C)/C=C/C(C)C. The predicted octanol–water partition coefficient (Wildman–Crippen LogP) is 3.21. The third-order valence-electron chi connectivity index (χ3n) is 1.62. The van der Waals surface area contributed by atoms with Gasteiger partial charge in [0.15, 0.2) is 0 Å². The van der Waals surface area contributed by atoms with E-state index < -0.39 is 0 Å². The molecule has 0 N–H and O–H groups in total. The van der Waals surface area contributed by atoms with Gasteiger partial charge in [-0.15, -0.1) is 0 Å². The summed E-state index contributed by atoms with van der Waals surface area (Å²) in [6.07, 6.45) is 9.80. The molecule has 0 aliphatic heterocycles. The summed E-state index contributed by atoms with van der Waals surface area (Å²) in [5.74, 6) is 1.38. The molecule has 2 heteroatoms. The minimum Gasteiger partial charge on any atom is -0.310 e. The Morgan fingerprint density at radius 2 is 2.00 bits per heavy atom. The van der Waals surface area contributed by atoms with Gasteiger partial charge in [0.2, 0.25) is 0 Å². The van der Waals surface area contributed by atoms with Gasteiger partial charge in [0.25, 0.3) is 0 Å². The highest BCUT2D eigenvalue weighted by Crippen LogP contribution is 2.01. The van der Waals surface area contributed by atoms with E-state index in [1.54, 1.807) is 13.1 Å². The molecule has 0 rings (SSSR count). The second kappa shape index (κ2) is 7.13. The number of aliphatic imine (C=N–C) groups is 1. The van der Waals surface area contributed by atoms with Crippen LogP contribution in [0.25, 0.3) is 0 Å². The smallest absolute Gasteiger partial charge is 0.130 e. The highest BCUT2D eigenvalue weighted by atomic mass is 15.1. The maximum Gasteiger partial charge on any atom is 0.130 e. The Balaban J connectivity index is 4.67. The van der Waals surface area contributed by atoms with Crippen LogP contribution in [0.1, 0.15) is 20.8 Å². The van der Waals surface area contributed by atoms with Gasteiger partial charge < -0.3 is 4.90 Å². The number of allylic oxidation sites excluding steroid dienone is 2. The second-order valence-corrected chi connectivity index (χ2v) is 3.26. The number of nitrogens with zero attached hydrogens (tertiary/aromatic N) is 2. The molecule has 14 heavy (non-hydrogen) atoms. The molecule has 0 bridgehead atoms. The average Bonchev–Trinajstić information content (AvgIpc) is 2.15. The minimum absolute atomic E-state index is 0.533. The van der Waals surface area contributed by atoms with E-state index in [4.69, 9.17) is 0 Å². The normalized spacial score (nSPS) is 13.1. The lowest BCUT2D eigenvalue weighted by Crippen LogP contribution is -2.17. The van der Waals surface area contributed by atoms with E-state index >= 15 is 0 Å². The summed E-state index contributed by atoms with van der Waals surface area (Å²) in [6, 6.07) is 0. The van der Waals surface area contributed by atoms with Crippen LogP contribution in [0.15, 0.2) is 42.2 Å². The van der Waals surface area contributed by atoms with E-state index in [0.717, 1.165) is 5.84 Å². The van der Waals surface area contributed by atoms with Crippen molar-refractivity contribution in [3.05, 3.63) is 37.2 Å². The topological polar surface area (TPSA) is 15.6 Å². The van der Waals surface area contributed by atoms with Gasteiger partial charge in [-0.1, -0.05) is 32.6 Å².